The summed E-state index contributed by atoms with van der Waals surface area (Å²) in [5.41, 5.74) is 2.39. The van der Waals surface area contributed by atoms with Gasteiger partial charge in [-0.3, -0.25) is 0 Å². The Morgan fingerprint density at radius 2 is 1.53 bits per heavy atom. The van der Waals surface area contributed by atoms with E-state index in [4.69, 9.17) is 29.8 Å². The molecule has 4 heteroatoms. The maximum atomic E-state index is 11.4. The zero-order chi connectivity index (χ0) is 11.7. The molecule has 0 fully saturated rings. The van der Waals surface area contributed by atoms with Gasteiger partial charge in [-0.25, -0.2) is 0 Å². The fourth-order valence-electron chi connectivity index (χ4n) is 1.38. The van der Waals surface area contributed by atoms with Crippen molar-refractivity contribution < 1.29 is 4.79 Å². The Morgan fingerprint density at radius 3 is 2.00 bits per heavy atom. The highest BCUT2D eigenvalue weighted by atomic mass is 35.5. The van der Waals surface area contributed by atoms with E-state index < -0.39 is 5.91 Å². The number of carbonyl (C=O) groups is 1. The molecule has 1 rings (SSSR count). The SMILES string of the molecule is [C-]#[N+]C(=O)c1c(C)c(Cl)c(C)c(C)c1Cl. The average molecular weight is 242 g/mol. The van der Waals surface area contributed by atoms with Crippen molar-refractivity contribution in [2.75, 3.05) is 0 Å². The molecule has 0 aromatic heterocycles. The Bertz CT molecular complexity index is 457. The third-order valence-electron chi connectivity index (χ3n) is 2.46. The van der Waals surface area contributed by atoms with Crippen LogP contribution in [0.2, 0.25) is 10.0 Å². The summed E-state index contributed by atoms with van der Waals surface area (Å²) in [6.45, 7) is 12.0. The van der Waals surface area contributed by atoms with Crippen molar-refractivity contribution in [3.8, 4) is 0 Å². The first-order chi connectivity index (χ1) is 6.91. The summed E-state index contributed by atoms with van der Waals surface area (Å²) in [6, 6.07) is 0. The van der Waals surface area contributed by atoms with Crippen molar-refractivity contribution in [1.82, 2.24) is 0 Å². The summed E-state index contributed by atoms with van der Waals surface area (Å²) < 4.78 is 0. The van der Waals surface area contributed by atoms with E-state index in [0.29, 0.717) is 15.6 Å². The summed E-state index contributed by atoms with van der Waals surface area (Å²) in [5, 5.41) is 0.833. The normalized spacial score (nSPS) is 9.87. The van der Waals surface area contributed by atoms with E-state index in [1.54, 1.807) is 13.8 Å². The van der Waals surface area contributed by atoms with Crippen molar-refractivity contribution in [2.45, 2.75) is 20.8 Å². The number of nitrogens with zero attached hydrogens (tertiary/aromatic N) is 1. The Labute approximate surface area is 98.6 Å². The van der Waals surface area contributed by atoms with Crippen molar-refractivity contribution in [3.05, 3.63) is 43.7 Å². The number of benzene rings is 1. The first kappa shape index (κ1) is 12.0. The van der Waals surface area contributed by atoms with Crippen LogP contribution < -0.4 is 0 Å². The second-order valence-electron chi connectivity index (χ2n) is 3.29. The minimum Gasteiger partial charge on any atom is -0.310 e. The van der Waals surface area contributed by atoms with Crippen molar-refractivity contribution >= 4 is 29.1 Å². The summed E-state index contributed by atoms with van der Waals surface area (Å²) >= 11 is 12.1. The van der Waals surface area contributed by atoms with E-state index in [1.807, 2.05) is 6.92 Å². The van der Waals surface area contributed by atoms with E-state index >= 15 is 0 Å². The predicted octanol–water partition coefficient (Wildman–Crippen LogP) is 3.98. The molecule has 0 N–H and O–H groups in total. The van der Waals surface area contributed by atoms with Gasteiger partial charge < -0.3 is 4.79 Å². The molecule has 1 amide bonds. The van der Waals surface area contributed by atoms with E-state index in [9.17, 15) is 4.79 Å². The van der Waals surface area contributed by atoms with Crippen LogP contribution in [0.15, 0.2) is 0 Å². The second kappa shape index (κ2) is 4.22. The van der Waals surface area contributed by atoms with Crippen LogP contribution >= 0.6 is 23.2 Å². The number of halogens is 2. The van der Waals surface area contributed by atoms with Crippen LogP contribution in [0.4, 0.5) is 0 Å². The Hall–Kier alpha value is -1.04. The molecule has 1 aromatic carbocycles. The zero-order valence-corrected chi connectivity index (χ0v) is 10.1. The van der Waals surface area contributed by atoms with Gasteiger partial charge in [-0.1, -0.05) is 23.2 Å². The molecular weight excluding hydrogens is 233 g/mol. The molecule has 2 nitrogen and oxygen atoms in total. The van der Waals surface area contributed by atoms with Crippen molar-refractivity contribution in [2.24, 2.45) is 0 Å². The van der Waals surface area contributed by atoms with Gasteiger partial charge in [0.05, 0.1) is 6.57 Å². The molecule has 0 aliphatic heterocycles. The third-order valence-corrected chi connectivity index (χ3v) is 3.50. The number of carbonyl (C=O) groups excluding carboxylic acids is 1. The fourth-order valence-corrected chi connectivity index (χ4v) is 1.98. The Morgan fingerprint density at radius 1 is 1.07 bits per heavy atom. The highest BCUT2D eigenvalue weighted by molar-refractivity contribution is 6.38. The fraction of sp³-hybridized carbons (Fsp3) is 0.273. The molecule has 0 aliphatic carbocycles. The number of rotatable bonds is 1. The maximum Gasteiger partial charge on any atom is 0.387 e. The molecule has 0 radical (unpaired) electrons. The van der Waals surface area contributed by atoms with Crippen molar-refractivity contribution in [3.63, 3.8) is 0 Å². The quantitative estimate of drug-likeness (QED) is 0.682. The van der Waals surface area contributed by atoms with Crippen LogP contribution in [0.25, 0.3) is 4.85 Å². The lowest BCUT2D eigenvalue weighted by Gasteiger charge is -2.13. The zero-order valence-electron chi connectivity index (χ0n) is 8.61. The van der Waals surface area contributed by atoms with Gasteiger partial charge in [-0.05, 0) is 37.5 Å². The molecule has 0 heterocycles. The van der Waals surface area contributed by atoms with Crippen LogP contribution in [0.3, 0.4) is 0 Å². The molecule has 0 spiro atoms. The molecule has 0 atom stereocenters. The first-order valence-corrected chi connectivity index (χ1v) is 5.04. The smallest absolute Gasteiger partial charge is 0.310 e. The van der Waals surface area contributed by atoms with Gasteiger partial charge >= 0.3 is 5.91 Å². The second-order valence-corrected chi connectivity index (χ2v) is 4.05. The van der Waals surface area contributed by atoms with Crippen LogP contribution in [0.5, 0.6) is 0 Å². The van der Waals surface area contributed by atoms with Gasteiger partial charge in [0.1, 0.15) is 0 Å². The minimum absolute atomic E-state index is 0.222. The number of amides is 1. The molecular formula is C11H9Cl2NO. The number of hydrogen-bond acceptors (Lipinski definition) is 1. The highest BCUT2D eigenvalue weighted by Gasteiger charge is 2.19. The van der Waals surface area contributed by atoms with Gasteiger partial charge in [0.25, 0.3) is 0 Å². The lowest BCUT2D eigenvalue weighted by atomic mass is 10.00. The lowest BCUT2D eigenvalue weighted by molar-refractivity contribution is 0.104. The Balaban J connectivity index is 3.69. The Kier molecular flexibility index (Phi) is 3.38. The summed E-state index contributed by atoms with van der Waals surface area (Å²) in [7, 11) is 0. The number of hydrogen-bond donors (Lipinski definition) is 0. The van der Waals surface area contributed by atoms with E-state index in [0.717, 1.165) is 11.1 Å². The third kappa shape index (κ3) is 1.86. The molecule has 1 aromatic rings. The monoisotopic (exact) mass is 241 g/mol. The molecule has 0 saturated carbocycles. The topological polar surface area (TPSA) is 21.4 Å². The van der Waals surface area contributed by atoms with Crippen LogP contribution in [-0.2, 0) is 0 Å². The lowest BCUT2D eigenvalue weighted by Crippen LogP contribution is -2.02. The molecule has 0 bridgehead atoms. The van der Waals surface area contributed by atoms with E-state index in [-0.39, 0.29) is 5.56 Å². The minimum atomic E-state index is -0.664. The maximum absolute atomic E-state index is 11.4. The van der Waals surface area contributed by atoms with Crippen LogP contribution in [0.1, 0.15) is 27.0 Å². The van der Waals surface area contributed by atoms with Crippen LogP contribution in [-0.4, -0.2) is 5.91 Å². The molecule has 0 aliphatic rings. The van der Waals surface area contributed by atoms with Crippen molar-refractivity contribution in [1.29, 1.82) is 0 Å². The van der Waals surface area contributed by atoms with Crippen LogP contribution in [0, 0.1) is 27.3 Å². The van der Waals surface area contributed by atoms with E-state index in [2.05, 4.69) is 4.85 Å². The summed E-state index contributed by atoms with van der Waals surface area (Å²) in [5.74, 6) is -0.664. The molecule has 78 valence electrons. The summed E-state index contributed by atoms with van der Waals surface area (Å²) in [4.78, 5) is 14.2. The molecule has 0 saturated heterocycles. The van der Waals surface area contributed by atoms with Gasteiger partial charge in [0.2, 0.25) is 0 Å². The summed E-state index contributed by atoms with van der Waals surface area (Å²) in [6.07, 6.45) is 0. The van der Waals surface area contributed by atoms with E-state index in [1.165, 1.54) is 0 Å². The molecule has 15 heavy (non-hydrogen) atoms. The highest BCUT2D eigenvalue weighted by Crippen LogP contribution is 2.34. The first-order valence-electron chi connectivity index (χ1n) is 4.28. The standard InChI is InChI=1S/C11H9Cl2NO/c1-5-6(2)10(13)8(11(15)14-4)7(3)9(5)12/h1-3H3. The average Bonchev–Trinajstić information content (AvgIpc) is 2.23. The van der Waals surface area contributed by atoms with Gasteiger partial charge in [0.15, 0.2) is 0 Å². The predicted molar refractivity (Wildman–Crippen MR) is 61.6 cm³/mol. The largest absolute Gasteiger partial charge is 0.387 e. The van der Waals surface area contributed by atoms with Gasteiger partial charge in [-0.15, -0.1) is 0 Å². The van der Waals surface area contributed by atoms with Gasteiger partial charge in [0, 0.05) is 15.6 Å². The van der Waals surface area contributed by atoms with Gasteiger partial charge in [-0.2, -0.15) is 4.85 Å². The molecule has 0 unspecified atom stereocenters.